The topological polar surface area (TPSA) is 81.8 Å². The zero-order valence-corrected chi connectivity index (χ0v) is 14.4. The molecule has 0 spiro atoms. The fraction of sp³-hybridized carbons (Fsp3) is 0.286. The molecule has 122 valence electrons. The Balaban J connectivity index is 1.60. The molecule has 1 N–H and O–H groups in total. The van der Waals surface area contributed by atoms with Crippen LogP contribution in [0.25, 0.3) is 10.4 Å². The van der Waals surface area contributed by atoms with Crippen LogP contribution in [0.1, 0.15) is 4.88 Å². The van der Waals surface area contributed by atoms with Gasteiger partial charge in [0.15, 0.2) is 0 Å². The lowest BCUT2D eigenvalue weighted by molar-refractivity contribution is 0.581. The molecule has 0 bridgehead atoms. The van der Waals surface area contributed by atoms with E-state index in [4.69, 9.17) is 0 Å². The third kappa shape index (κ3) is 3.69. The van der Waals surface area contributed by atoms with Gasteiger partial charge in [0.1, 0.15) is 4.90 Å². The normalized spacial score (nSPS) is 11.9. The largest absolute Gasteiger partial charge is 0.275 e. The number of sulfonamides is 1. The molecule has 0 unspecified atom stereocenters. The number of aryl methyl sites for hydroxylation is 2. The first-order valence-corrected chi connectivity index (χ1v) is 9.30. The van der Waals surface area contributed by atoms with E-state index in [1.54, 1.807) is 23.1 Å². The minimum atomic E-state index is -3.49. The molecule has 0 aliphatic rings. The standard InChI is InChI=1S/C14H17N5O2S2/c1-18-9-11(7-15-18)14-4-3-12(22-14)5-6-17-23(20,21)13-8-16-19(2)10-13/h3-4,7-10,17H,5-6H2,1-2H3. The van der Waals surface area contributed by atoms with Gasteiger partial charge in [-0.2, -0.15) is 10.2 Å². The second-order valence-corrected chi connectivity index (χ2v) is 8.10. The van der Waals surface area contributed by atoms with Gasteiger partial charge >= 0.3 is 0 Å². The Kier molecular flexibility index (Phi) is 4.33. The lowest BCUT2D eigenvalue weighted by Gasteiger charge is -2.03. The molecule has 0 amide bonds. The Morgan fingerprint density at radius 3 is 2.52 bits per heavy atom. The van der Waals surface area contributed by atoms with Crippen molar-refractivity contribution in [2.45, 2.75) is 11.3 Å². The summed E-state index contributed by atoms with van der Waals surface area (Å²) in [6, 6.07) is 4.05. The van der Waals surface area contributed by atoms with Crippen molar-refractivity contribution in [3.05, 3.63) is 41.8 Å². The van der Waals surface area contributed by atoms with E-state index in [1.165, 1.54) is 17.1 Å². The number of hydrogen-bond acceptors (Lipinski definition) is 5. The highest BCUT2D eigenvalue weighted by atomic mass is 32.2. The van der Waals surface area contributed by atoms with Crippen molar-refractivity contribution < 1.29 is 8.42 Å². The van der Waals surface area contributed by atoms with E-state index in [1.807, 2.05) is 31.6 Å². The van der Waals surface area contributed by atoms with Crippen molar-refractivity contribution in [3.63, 3.8) is 0 Å². The summed E-state index contributed by atoms with van der Waals surface area (Å²) in [7, 11) is 0.0717. The molecule has 0 saturated heterocycles. The lowest BCUT2D eigenvalue weighted by atomic mass is 10.3. The van der Waals surface area contributed by atoms with Gasteiger partial charge in [-0.3, -0.25) is 9.36 Å². The molecular weight excluding hydrogens is 334 g/mol. The zero-order chi connectivity index (χ0) is 16.4. The van der Waals surface area contributed by atoms with E-state index < -0.39 is 10.0 Å². The van der Waals surface area contributed by atoms with Crippen LogP contribution in [0.4, 0.5) is 0 Å². The van der Waals surface area contributed by atoms with Gasteiger partial charge in [-0.15, -0.1) is 11.3 Å². The fourth-order valence-corrected chi connectivity index (χ4v) is 4.14. The number of rotatable bonds is 6. The average molecular weight is 351 g/mol. The maximum atomic E-state index is 12.1. The quantitative estimate of drug-likeness (QED) is 0.728. The second kappa shape index (κ2) is 6.26. The summed E-state index contributed by atoms with van der Waals surface area (Å²) >= 11 is 1.65. The summed E-state index contributed by atoms with van der Waals surface area (Å²) in [4.78, 5) is 2.43. The van der Waals surface area contributed by atoms with Crippen LogP contribution >= 0.6 is 11.3 Å². The van der Waals surface area contributed by atoms with Crippen molar-refractivity contribution in [1.82, 2.24) is 24.3 Å². The lowest BCUT2D eigenvalue weighted by Crippen LogP contribution is -2.25. The molecule has 23 heavy (non-hydrogen) atoms. The smallest absolute Gasteiger partial charge is 0.243 e. The summed E-state index contributed by atoms with van der Waals surface area (Å²) in [6.45, 7) is 0.351. The predicted octanol–water partition coefficient (Wildman–Crippen LogP) is 1.40. The van der Waals surface area contributed by atoms with Crippen LogP contribution in [-0.4, -0.2) is 34.5 Å². The van der Waals surface area contributed by atoms with Crippen LogP contribution in [0.15, 0.2) is 41.8 Å². The minimum absolute atomic E-state index is 0.183. The molecule has 0 saturated carbocycles. The van der Waals surface area contributed by atoms with E-state index in [2.05, 4.69) is 14.9 Å². The van der Waals surface area contributed by atoms with Gasteiger partial charge in [0, 0.05) is 48.4 Å². The van der Waals surface area contributed by atoms with Crippen molar-refractivity contribution in [3.8, 4) is 10.4 Å². The maximum Gasteiger partial charge on any atom is 0.243 e. The highest BCUT2D eigenvalue weighted by Gasteiger charge is 2.15. The second-order valence-electron chi connectivity index (χ2n) is 5.17. The molecule has 0 aromatic carbocycles. The van der Waals surface area contributed by atoms with Gasteiger partial charge in [-0.25, -0.2) is 13.1 Å². The molecule has 3 rings (SSSR count). The van der Waals surface area contributed by atoms with Gasteiger partial charge in [-0.05, 0) is 18.6 Å². The summed E-state index contributed by atoms with van der Waals surface area (Å²) < 4.78 is 30.0. The zero-order valence-electron chi connectivity index (χ0n) is 12.8. The highest BCUT2D eigenvalue weighted by molar-refractivity contribution is 7.89. The summed E-state index contributed by atoms with van der Waals surface area (Å²) in [6.07, 6.45) is 7.24. The third-order valence-corrected chi connectivity index (χ3v) is 5.92. The van der Waals surface area contributed by atoms with Gasteiger partial charge in [0.05, 0.1) is 12.4 Å². The first kappa shape index (κ1) is 15.9. The molecule has 0 aliphatic heterocycles. The van der Waals surface area contributed by atoms with E-state index in [0.29, 0.717) is 13.0 Å². The van der Waals surface area contributed by atoms with Gasteiger partial charge in [-0.1, -0.05) is 0 Å². The van der Waals surface area contributed by atoms with Crippen LogP contribution in [0.5, 0.6) is 0 Å². The van der Waals surface area contributed by atoms with Crippen LogP contribution in [0, 0.1) is 0 Å². The molecule has 0 aliphatic carbocycles. The first-order valence-electron chi connectivity index (χ1n) is 7.00. The van der Waals surface area contributed by atoms with E-state index in [-0.39, 0.29) is 4.90 Å². The SMILES string of the molecule is Cn1cc(-c2ccc(CCNS(=O)(=O)c3cnn(C)c3)s2)cn1. The molecular formula is C14H17N5O2S2. The van der Waals surface area contributed by atoms with Crippen LogP contribution in [0.2, 0.25) is 0 Å². The van der Waals surface area contributed by atoms with Crippen LogP contribution < -0.4 is 4.72 Å². The van der Waals surface area contributed by atoms with Crippen LogP contribution in [0.3, 0.4) is 0 Å². The summed E-state index contributed by atoms with van der Waals surface area (Å²) in [5, 5.41) is 8.04. The Hall–Kier alpha value is -1.97. The maximum absolute atomic E-state index is 12.1. The molecule has 0 radical (unpaired) electrons. The van der Waals surface area contributed by atoms with Crippen molar-refractivity contribution >= 4 is 21.4 Å². The molecule has 3 heterocycles. The Bertz CT molecular complexity index is 907. The average Bonchev–Trinajstić information content (AvgIpc) is 3.19. The predicted molar refractivity (Wildman–Crippen MR) is 88.6 cm³/mol. The molecule has 0 fully saturated rings. The summed E-state index contributed by atoms with van der Waals surface area (Å²) in [5.41, 5.74) is 1.07. The van der Waals surface area contributed by atoms with E-state index in [9.17, 15) is 8.42 Å². The highest BCUT2D eigenvalue weighted by Crippen LogP contribution is 2.27. The van der Waals surface area contributed by atoms with Crippen molar-refractivity contribution in [2.24, 2.45) is 14.1 Å². The van der Waals surface area contributed by atoms with Gasteiger partial charge in [0.2, 0.25) is 10.0 Å². The van der Waals surface area contributed by atoms with Crippen molar-refractivity contribution in [1.29, 1.82) is 0 Å². The Morgan fingerprint density at radius 1 is 1.13 bits per heavy atom. The van der Waals surface area contributed by atoms with Gasteiger partial charge in [0.25, 0.3) is 0 Å². The van der Waals surface area contributed by atoms with E-state index >= 15 is 0 Å². The van der Waals surface area contributed by atoms with Crippen LogP contribution in [-0.2, 0) is 30.5 Å². The molecule has 9 heteroatoms. The first-order chi connectivity index (χ1) is 10.9. The molecule has 0 atom stereocenters. The minimum Gasteiger partial charge on any atom is -0.275 e. The Labute approximate surface area is 138 Å². The molecule has 3 aromatic heterocycles. The number of thiophene rings is 1. The number of hydrogen-bond donors (Lipinski definition) is 1. The summed E-state index contributed by atoms with van der Waals surface area (Å²) in [5.74, 6) is 0. The Morgan fingerprint density at radius 2 is 1.87 bits per heavy atom. The molecule has 7 nitrogen and oxygen atoms in total. The number of nitrogens with zero attached hydrogens (tertiary/aromatic N) is 4. The van der Waals surface area contributed by atoms with Gasteiger partial charge < -0.3 is 0 Å². The van der Waals surface area contributed by atoms with Crippen molar-refractivity contribution in [2.75, 3.05) is 6.54 Å². The number of aromatic nitrogens is 4. The fourth-order valence-electron chi connectivity index (χ4n) is 2.15. The monoisotopic (exact) mass is 351 g/mol. The molecule has 3 aromatic rings. The van der Waals surface area contributed by atoms with E-state index in [0.717, 1.165) is 15.3 Å². The third-order valence-electron chi connectivity index (χ3n) is 3.31. The number of nitrogens with one attached hydrogen (secondary N) is 1.